The number of rotatable bonds is 7. The standard InChI is InChI=1S/C16H22O3/c1-4-11-18-16(17)10-9-14-7-6-8-15(12-14)19-13(3)5-2/h6-10,12-13H,4-5,11H2,1-3H3. The Balaban J connectivity index is 2.61. The van der Waals surface area contributed by atoms with Crippen LogP contribution in [0.15, 0.2) is 30.3 Å². The number of carbonyl (C=O) groups is 1. The van der Waals surface area contributed by atoms with E-state index in [0.29, 0.717) is 6.61 Å². The highest BCUT2D eigenvalue weighted by Gasteiger charge is 2.01. The Morgan fingerprint density at radius 3 is 2.84 bits per heavy atom. The van der Waals surface area contributed by atoms with Crippen molar-refractivity contribution in [2.45, 2.75) is 39.7 Å². The fraction of sp³-hybridized carbons (Fsp3) is 0.438. The molecule has 0 spiro atoms. The number of hydrogen-bond donors (Lipinski definition) is 0. The monoisotopic (exact) mass is 262 g/mol. The Morgan fingerprint density at radius 1 is 1.37 bits per heavy atom. The van der Waals surface area contributed by atoms with Gasteiger partial charge in [0.2, 0.25) is 0 Å². The van der Waals surface area contributed by atoms with Crippen molar-refractivity contribution in [3.05, 3.63) is 35.9 Å². The van der Waals surface area contributed by atoms with Crippen molar-refractivity contribution in [2.75, 3.05) is 6.61 Å². The highest BCUT2D eigenvalue weighted by atomic mass is 16.5. The third-order valence-corrected chi connectivity index (χ3v) is 2.63. The van der Waals surface area contributed by atoms with E-state index in [9.17, 15) is 4.79 Å². The minimum absolute atomic E-state index is 0.189. The summed E-state index contributed by atoms with van der Waals surface area (Å²) in [6.45, 7) is 6.54. The summed E-state index contributed by atoms with van der Waals surface area (Å²) in [4.78, 5) is 11.3. The van der Waals surface area contributed by atoms with E-state index in [-0.39, 0.29) is 12.1 Å². The van der Waals surface area contributed by atoms with Gasteiger partial charge in [-0.3, -0.25) is 0 Å². The summed E-state index contributed by atoms with van der Waals surface area (Å²) in [5, 5.41) is 0. The van der Waals surface area contributed by atoms with Crippen molar-refractivity contribution in [2.24, 2.45) is 0 Å². The van der Waals surface area contributed by atoms with Crippen molar-refractivity contribution < 1.29 is 14.3 Å². The van der Waals surface area contributed by atoms with Crippen LogP contribution in [0.2, 0.25) is 0 Å². The molecular weight excluding hydrogens is 240 g/mol. The molecule has 0 saturated heterocycles. The molecule has 0 aliphatic rings. The maximum Gasteiger partial charge on any atom is 0.330 e. The quantitative estimate of drug-likeness (QED) is 0.553. The van der Waals surface area contributed by atoms with Crippen molar-refractivity contribution in [1.82, 2.24) is 0 Å². The second-order valence-corrected chi connectivity index (χ2v) is 4.41. The molecule has 0 saturated carbocycles. The normalized spacial score (nSPS) is 12.4. The number of esters is 1. The molecule has 0 amide bonds. The zero-order chi connectivity index (χ0) is 14.1. The Bertz CT molecular complexity index is 424. The smallest absolute Gasteiger partial charge is 0.330 e. The molecule has 3 heteroatoms. The van der Waals surface area contributed by atoms with E-state index in [4.69, 9.17) is 9.47 Å². The van der Waals surface area contributed by atoms with Gasteiger partial charge in [0.05, 0.1) is 12.7 Å². The Labute approximate surface area is 115 Å². The summed E-state index contributed by atoms with van der Waals surface area (Å²) >= 11 is 0. The molecule has 19 heavy (non-hydrogen) atoms. The maximum absolute atomic E-state index is 11.3. The van der Waals surface area contributed by atoms with Gasteiger partial charge in [-0.25, -0.2) is 4.79 Å². The molecule has 104 valence electrons. The zero-order valence-corrected chi connectivity index (χ0v) is 11.9. The van der Waals surface area contributed by atoms with Crippen LogP contribution in [0.25, 0.3) is 6.08 Å². The third kappa shape index (κ3) is 6.09. The molecule has 1 atom stereocenters. The van der Waals surface area contributed by atoms with Gasteiger partial charge in [-0.2, -0.15) is 0 Å². The molecular formula is C16H22O3. The first-order chi connectivity index (χ1) is 9.15. The van der Waals surface area contributed by atoms with Crippen molar-refractivity contribution in [3.8, 4) is 5.75 Å². The van der Waals surface area contributed by atoms with Crippen LogP contribution >= 0.6 is 0 Å². The molecule has 0 aliphatic carbocycles. The molecule has 1 unspecified atom stereocenters. The second kappa shape index (κ2) is 8.35. The predicted octanol–water partition coefficient (Wildman–Crippen LogP) is 3.83. The fourth-order valence-corrected chi connectivity index (χ4v) is 1.42. The summed E-state index contributed by atoms with van der Waals surface area (Å²) in [5.41, 5.74) is 0.925. The minimum atomic E-state index is -0.310. The summed E-state index contributed by atoms with van der Waals surface area (Å²) in [6, 6.07) is 7.66. The number of benzene rings is 1. The average Bonchev–Trinajstić information content (AvgIpc) is 2.43. The molecule has 0 aliphatic heterocycles. The van der Waals surface area contributed by atoms with Gasteiger partial charge in [-0.15, -0.1) is 0 Å². The van der Waals surface area contributed by atoms with E-state index >= 15 is 0 Å². The first kappa shape index (κ1) is 15.3. The van der Waals surface area contributed by atoms with Crippen LogP contribution in [-0.4, -0.2) is 18.7 Å². The topological polar surface area (TPSA) is 35.5 Å². The lowest BCUT2D eigenvalue weighted by molar-refractivity contribution is -0.137. The fourth-order valence-electron chi connectivity index (χ4n) is 1.42. The zero-order valence-electron chi connectivity index (χ0n) is 11.9. The van der Waals surface area contributed by atoms with Gasteiger partial charge in [0, 0.05) is 6.08 Å². The van der Waals surface area contributed by atoms with Crippen LogP contribution in [0.1, 0.15) is 39.2 Å². The van der Waals surface area contributed by atoms with Crippen LogP contribution in [0.3, 0.4) is 0 Å². The largest absolute Gasteiger partial charge is 0.491 e. The van der Waals surface area contributed by atoms with Crippen molar-refractivity contribution >= 4 is 12.0 Å². The van der Waals surface area contributed by atoms with Gasteiger partial charge in [0.15, 0.2) is 0 Å². The molecule has 0 bridgehead atoms. The summed E-state index contributed by atoms with van der Waals surface area (Å²) in [6.07, 6.45) is 5.16. The van der Waals surface area contributed by atoms with Crippen LogP contribution < -0.4 is 4.74 Å². The molecule has 1 aromatic carbocycles. The van der Waals surface area contributed by atoms with Crippen molar-refractivity contribution in [1.29, 1.82) is 0 Å². The van der Waals surface area contributed by atoms with Gasteiger partial charge in [-0.1, -0.05) is 26.0 Å². The van der Waals surface area contributed by atoms with Crippen LogP contribution in [0, 0.1) is 0 Å². The maximum atomic E-state index is 11.3. The molecule has 1 aromatic rings. The van der Waals surface area contributed by atoms with Gasteiger partial charge in [0.1, 0.15) is 5.75 Å². The molecule has 3 nitrogen and oxygen atoms in total. The lowest BCUT2D eigenvalue weighted by Crippen LogP contribution is -2.09. The van der Waals surface area contributed by atoms with Crippen LogP contribution in [-0.2, 0) is 9.53 Å². The average molecular weight is 262 g/mol. The molecule has 1 rings (SSSR count). The van der Waals surface area contributed by atoms with E-state index in [1.807, 2.05) is 38.1 Å². The Kier molecular flexibility index (Phi) is 6.72. The lowest BCUT2D eigenvalue weighted by Gasteiger charge is -2.12. The molecule has 0 fully saturated rings. The SMILES string of the molecule is CCCOC(=O)C=Cc1cccc(OC(C)CC)c1. The highest BCUT2D eigenvalue weighted by molar-refractivity contribution is 5.87. The van der Waals surface area contributed by atoms with Crippen LogP contribution in [0.4, 0.5) is 0 Å². The summed E-state index contributed by atoms with van der Waals surface area (Å²) < 4.78 is 10.7. The van der Waals surface area contributed by atoms with E-state index in [0.717, 1.165) is 24.2 Å². The number of hydrogen-bond acceptors (Lipinski definition) is 3. The minimum Gasteiger partial charge on any atom is -0.491 e. The predicted molar refractivity (Wildman–Crippen MR) is 77.1 cm³/mol. The molecule has 0 heterocycles. The van der Waals surface area contributed by atoms with E-state index in [1.165, 1.54) is 6.08 Å². The molecule has 0 radical (unpaired) electrons. The van der Waals surface area contributed by atoms with Crippen LogP contribution in [0.5, 0.6) is 5.75 Å². The summed E-state index contributed by atoms with van der Waals surface area (Å²) in [5.74, 6) is 0.508. The molecule has 0 aromatic heterocycles. The third-order valence-electron chi connectivity index (χ3n) is 2.63. The Morgan fingerprint density at radius 2 is 2.16 bits per heavy atom. The van der Waals surface area contributed by atoms with E-state index in [1.54, 1.807) is 6.08 Å². The summed E-state index contributed by atoms with van der Waals surface area (Å²) in [7, 11) is 0. The highest BCUT2D eigenvalue weighted by Crippen LogP contribution is 2.16. The first-order valence-electron chi connectivity index (χ1n) is 6.77. The van der Waals surface area contributed by atoms with Gasteiger partial charge in [0.25, 0.3) is 0 Å². The van der Waals surface area contributed by atoms with Gasteiger partial charge in [-0.05, 0) is 43.5 Å². The van der Waals surface area contributed by atoms with Crippen molar-refractivity contribution in [3.63, 3.8) is 0 Å². The number of ether oxygens (including phenoxy) is 2. The first-order valence-corrected chi connectivity index (χ1v) is 6.77. The lowest BCUT2D eigenvalue weighted by atomic mass is 10.2. The second-order valence-electron chi connectivity index (χ2n) is 4.41. The Hall–Kier alpha value is -1.77. The van der Waals surface area contributed by atoms with Gasteiger partial charge < -0.3 is 9.47 Å². The van der Waals surface area contributed by atoms with E-state index < -0.39 is 0 Å². The molecule has 0 N–H and O–H groups in total. The van der Waals surface area contributed by atoms with Gasteiger partial charge >= 0.3 is 5.97 Å². The van der Waals surface area contributed by atoms with E-state index in [2.05, 4.69) is 6.92 Å². The number of carbonyl (C=O) groups excluding carboxylic acids is 1.